The molecule has 4 heteroatoms. The van der Waals surface area contributed by atoms with Gasteiger partial charge in [0.15, 0.2) is 0 Å². The summed E-state index contributed by atoms with van der Waals surface area (Å²) in [6.45, 7) is 8.03. The van der Waals surface area contributed by atoms with Crippen LogP contribution in [0.4, 0.5) is 0 Å². The summed E-state index contributed by atoms with van der Waals surface area (Å²) in [6.07, 6.45) is 3.47. The smallest absolute Gasteiger partial charge is 0.261 e. The summed E-state index contributed by atoms with van der Waals surface area (Å²) in [5.74, 6) is -0.284. The Bertz CT molecular complexity index is 491. The minimum absolute atomic E-state index is 0.0762. The SMILES string of the molecule is CCCc1[nH]c(=O)c(C(=O)N[C@H](C)CC)cc1CC. The van der Waals surface area contributed by atoms with E-state index in [1.54, 1.807) is 6.07 Å². The molecule has 1 amide bonds. The number of aromatic nitrogens is 1. The van der Waals surface area contributed by atoms with E-state index in [2.05, 4.69) is 17.2 Å². The van der Waals surface area contributed by atoms with Crippen molar-refractivity contribution in [3.63, 3.8) is 0 Å². The molecule has 2 N–H and O–H groups in total. The van der Waals surface area contributed by atoms with Crippen LogP contribution in [-0.2, 0) is 12.8 Å². The Morgan fingerprint density at radius 1 is 1.37 bits per heavy atom. The maximum Gasteiger partial charge on any atom is 0.261 e. The molecule has 0 fully saturated rings. The number of pyridine rings is 1. The Kier molecular flexibility index (Phi) is 5.80. The number of H-pyrrole nitrogens is 1. The molecule has 0 aliphatic heterocycles. The topological polar surface area (TPSA) is 62.0 Å². The van der Waals surface area contributed by atoms with Crippen molar-refractivity contribution in [1.29, 1.82) is 0 Å². The third-order valence-electron chi connectivity index (χ3n) is 3.33. The Morgan fingerprint density at radius 3 is 2.58 bits per heavy atom. The highest BCUT2D eigenvalue weighted by atomic mass is 16.2. The normalized spacial score (nSPS) is 12.2. The average molecular weight is 264 g/mol. The van der Waals surface area contributed by atoms with Crippen LogP contribution in [0.5, 0.6) is 0 Å². The van der Waals surface area contributed by atoms with Crippen LogP contribution in [0.25, 0.3) is 0 Å². The molecule has 0 aliphatic carbocycles. The Morgan fingerprint density at radius 2 is 2.05 bits per heavy atom. The zero-order chi connectivity index (χ0) is 14.4. The molecule has 1 heterocycles. The van der Waals surface area contributed by atoms with Crippen molar-refractivity contribution in [1.82, 2.24) is 10.3 Å². The predicted molar refractivity (Wildman–Crippen MR) is 77.7 cm³/mol. The van der Waals surface area contributed by atoms with E-state index in [-0.39, 0.29) is 23.1 Å². The fourth-order valence-corrected chi connectivity index (χ4v) is 1.97. The molecular formula is C15H24N2O2. The van der Waals surface area contributed by atoms with E-state index < -0.39 is 0 Å². The molecule has 4 nitrogen and oxygen atoms in total. The predicted octanol–water partition coefficient (Wildman–Crippen LogP) is 2.42. The zero-order valence-electron chi connectivity index (χ0n) is 12.3. The van der Waals surface area contributed by atoms with Crippen LogP contribution < -0.4 is 10.9 Å². The van der Waals surface area contributed by atoms with E-state index in [9.17, 15) is 9.59 Å². The van der Waals surface area contributed by atoms with Gasteiger partial charge in [0, 0.05) is 11.7 Å². The van der Waals surface area contributed by atoms with Gasteiger partial charge in [-0.25, -0.2) is 0 Å². The van der Waals surface area contributed by atoms with Gasteiger partial charge in [-0.1, -0.05) is 27.2 Å². The molecule has 0 spiro atoms. The van der Waals surface area contributed by atoms with Crippen LogP contribution in [0, 0.1) is 0 Å². The van der Waals surface area contributed by atoms with E-state index in [1.165, 1.54) is 0 Å². The molecule has 0 aromatic carbocycles. The summed E-state index contributed by atoms with van der Waals surface area (Å²) >= 11 is 0. The van der Waals surface area contributed by atoms with Gasteiger partial charge >= 0.3 is 0 Å². The third kappa shape index (κ3) is 3.94. The van der Waals surface area contributed by atoms with Gasteiger partial charge in [0.2, 0.25) is 0 Å². The number of aryl methyl sites for hydroxylation is 2. The average Bonchev–Trinajstić information content (AvgIpc) is 2.39. The van der Waals surface area contributed by atoms with Gasteiger partial charge in [0.05, 0.1) is 0 Å². The number of rotatable bonds is 6. The van der Waals surface area contributed by atoms with Crippen LogP contribution in [0.1, 0.15) is 62.2 Å². The van der Waals surface area contributed by atoms with Gasteiger partial charge in [-0.2, -0.15) is 0 Å². The lowest BCUT2D eigenvalue weighted by Crippen LogP contribution is -2.36. The summed E-state index contributed by atoms with van der Waals surface area (Å²) in [4.78, 5) is 26.9. The standard InChI is InChI=1S/C15H24N2O2/c1-5-8-13-11(7-3)9-12(15(19)17-13)14(18)16-10(4)6-2/h9-10H,5-8H2,1-4H3,(H,16,18)(H,17,19)/t10-/m1/s1. The highest BCUT2D eigenvalue weighted by molar-refractivity contribution is 5.94. The van der Waals surface area contributed by atoms with Crippen molar-refractivity contribution in [2.24, 2.45) is 0 Å². The van der Waals surface area contributed by atoms with Crippen LogP contribution >= 0.6 is 0 Å². The van der Waals surface area contributed by atoms with Gasteiger partial charge < -0.3 is 10.3 Å². The quantitative estimate of drug-likeness (QED) is 0.829. The lowest BCUT2D eigenvalue weighted by atomic mass is 10.0. The fraction of sp³-hybridized carbons (Fsp3) is 0.600. The van der Waals surface area contributed by atoms with Crippen molar-refractivity contribution in [3.8, 4) is 0 Å². The second-order valence-electron chi connectivity index (χ2n) is 4.90. The number of carbonyl (C=O) groups excluding carboxylic acids is 1. The summed E-state index contributed by atoms with van der Waals surface area (Å²) in [5.41, 5.74) is 1.93. The lowest BCUT2D eigenvalue weighted by Gasteiger charge is -2.13. The van der Waals surface area contributed by atoms with E-state index in [4.69, 9.17) is 0 Å². The molecular weight excluding hydrogens is 240 g/mol. The molecule has 0 radical (unpaired) electrons. The number of hydrogen-bond acceptors (Lipinski definition) is 2. The first-order valence-corrected chi connectivity index (χ1v) is 7.09. The number of carbonyl (C=O) groups is 1. The Labute approximate surface area is 114 Å². The minimum atomic E-state index is -0.290. The third-order valence-corrected chi connectivity index (χ3v) is 3.33. The van der Waals surface area contributed by atoms with Crippen LogP contribution in [0.3, 0.4) is 0 Å². The zero-order valence-corrected chi connectivity index (χ0v) is 12.3. The highest BCUT2D eigenvalue weighted by Gasteiger charge is 2.15. The monoisotopic (exact) mass is 264 g/mol. The Balaban J connectivity index is 3.08. The molecule has 1 aromatic heterocycles. The maximum absolute atomic E-state index is 12.0. The highest BCUT2D eigenvalue weighted by Crippen LogP contribution is 2.09. The van der Waals surface area contributed by atoms with Crippen molar-refractivity contribution < 1.29 is 4.79 Å². The lowest BCUT2D eigenvalue weighted by molar-refractivity contribution is 0.0937. The largest absolute Gasteiger partial charge is 0.349 e. The molecule has 0 saturated heterocycles. The van der Waals surface area contributed by atoms with Crippen molar-refractivity contribution in [3.05, 3.63) is 33.2 Å². The number of amides is 1. The summed E-state index contributed by atoms with van der Waals surface area (Å²) in [7, 11) is 0. The first-order chi connectivity index (χ1) is 9.03. The molecule has 1 rings (SSSR count). The second kappa shape index (κ2) is 7.12. The fourth-order valence-electron chi connectivity index (χ4n) is 1.97. The van der Waals surface area contributed by atoms with Gasteiger partial charge in [0.25, 0.3) is 11.5 Å². The first-order valence-electron chi connectivity index (χ1n) is 7.09. The molecule has 0 aliphatic rings. The van der Waals surface area contributed by atoms with Crippen LogP contribution in [0.15, 0.2) is 10.9 Å². The van der Waals surface area contributed by atoms with E-state index in [0.717, 1.165) is 36.9 Å². The number of aromatic amines is 1. The number of hydrogen-bond donors (Lipinski definition) is 2. The van der Waals surface area contributed by atoms with Gasteiger partial charge in [-0.3, -0.25) is 9.59 Å². The van der Waals surface area contributed by atoms with Crippen LogP contribution in [-0.4, -0.2) is 16.9 Å². The van der Waals surface area contributed by atoms with Crippen LogP contribution in [0.2, 0.25) is 0 Å². The molecule has 106 valence electrons. The van der Waals surface area contributed by atoms with Gasteiger partial charge in [-0.15, -0.1) is 0 Å². The molecule has 0 saturated carbocycles. The number of nitrogens with one attached hydrogen (secondary N) is 2. The van der Waals surface area contributed by atoms with E-state index in [1.807, 2.05) is 20.8 Å². The molecule has 1 aromatic rings. The van der Waals surface area contributed by atoms with E-state index >= 15 is 0 Å². The summed E-state index contributed by atoms with van der Waals surface area (Å²) < 4.78 is 0. The van der Waals surface area contributed by atoms with E-state index in [0.29, 0.717) is 0 Å². The summed E-state index contributed by atoms with van der Waals surface area (Å²) in [5, 5.41) is 2.83. The maximum atomic E-state index is 12.0. The second-order valence-corrected chi connectivity index (χ2v) is 4.90. The van der Waals surface area contributed by atoms with Crippen molar-refractivity contribution in [2.45, 2.75) is 59.4 Å². The van der Waals surface area contributed by atoms with Gasteiger partial charge in [-0.05, 0) is 37.8 Å². The van der Waals surface area contributed by atoms with Gasteiger partial charge in [0.1, 0.15) is 5.56 Å². The van der Waals surface area contributed by atoms with Crippen molar-refractivity contribution in [2.75, 3.05) is 0 Å². The minimum Gasteiger partial charge on any atom is -0.349 e. The summed E-state index contributed by atoms with van der Waals surface area (Å²) in [6, 6.07) is 1.81. The molecule has 0 bridgehead atoms. The molecule has 0 unspecified atom stereocenters. The van der Waals surface area contributed by atoms with Crippen molar-refractivity contribution >= 4 is 5.91 Å². The Hall–Kier alpha value is -1.58. The first kappa shape index (κ1) is 15.5. The molecule has 1 atom stereocenters. The molecule has 19 heavy (non-hydrogen) atoms.